The summed E-state index contributed by atoms with van der Waals surface area (Å²) in [6, 6.07) is -0.558. The van der Waals surface area contributed by atoms with Crippen LogP contribution >= 0.6 is 11.3 Å². The number of anilines is 1. The van der Waals surface area contributed by atoms with Gasteiger partial charge in [-0.05, 0) is 0 Å². The summed E-state index contributed by atoms with van der Waals surface area (Å²) >= 11 is 1.28. The molecule has 64 valence electrons. The van der Waals surface area contributed by atoms with E-state index in [1.54, 1.807) is 11.6 Å². The minimum atomic E-state index is -0.558. The summed E-state index contributed by atoms with van der Waals surface area (Å²) in [7, 11) is 0. The number of carbonyl (C=O) groups excluding carboxylic acids is 2. The minimum absolute atomic E-state index is 0.399. The average Bonchev–Trinajstić information content (AvgIpc) is 2.37. The molecular formula is C6H7N3O2S. The van der Waals surface area contributed by atoms with E-state index < -0.39 is 11.9 Å². The zero-order valence-electron chi connectivity index (χ0n) is 6.33. The van der Waals surface area contributed by atoms with Crippen molar-refractivity contribution in [3.8, 4) is 0 Å². The molecule has 1 aromatic heterocycles. The van der Waals surface area contributed by atoms with E-state index in [0.29, 0.717) is 5.13 Å². The molecule has 0 aliphatic carbocycles. The van der Waals surface area contributed by atoms with Gasteiger partial charge in [-0.3, -0.25) is 15.4 Å². The van der Waals surface area contributed by atoms with Gasteiger partial charge in [0.2, 0.25) is 5.91 Å². The first-order valence-electron chi connectivity index (χ1n) is 3.16. The van der Waals surface area contributed by atoms with Crippen molar-refractivity contribution in [1.82, 2.24) is 10.3 Å². The van der Waals surface area contributed by atoms with Gasteiger partial charge < -0.3 is 0 Å². The number of rotatable bonds is 1. The van der Waals surface area contributed by atoms with Gasteiger partial charge in [0.05, 0.1) is 0 Å². The molecule has 0 fully saturated rings. The quantitative estimate of drug-likeness (QED) is 0.680. The third-order valence-corrected chi connectivity index (χ3v) is 1.63. The lowest BCUT2D eigenvalue weighted by atomic mass is 10.7. The Morgan fingerprint density at radius 2 is 2.33 bits per heavy atom. The Balaban J connectivity index is 2.42. The zero-order chi connectivity index (χ0) is 8.97. The van der Waals surface area contributed by atoms with Crippen molar-refractivity contribution in [2.24, 2.45) is 0 Å². The van der Waals surface area contributed by atoms with Crippen molar-refractivity contribution in [3.05, 3.63) is 11.6 Å². The molecule has 2 N–H and O–H groups in total. The molecule has 5 nitrogen and oxygen atoms in total. The van der Waals surface area contributed by atoms with Crippen LogP contribution in [0, 0.1) is 0 Å². The molecule has 6 heteroatoms. The molecule has 0 saturated heterocycles. The first-order valence-corrected chi connectivity index (χ1v) is 4.04. The molecule has 0 aromatic carbocycles. The second-order valence-electron chi connectivity index (χ2n) is 1.97. The van der Waals surface area contributed by atoms with Crippen LogP contribution in [0.1, 0.15) is 6.92 Å². The lowest BCUT2D eigenvalue weighted by Crippen LogP contribution is -2.32. The van der Waals surface area contributed by atoms with E-state index in [4.69, 9.17) is 0 Å². The molecule has 0 unspecified atom stereocenters. The normalized spacial score (nSPS) is 9.08. The maximum atomic E-state index is 10.8. The van der Waals surface area contributed by atoms with Gasteiger partial charge in [0.15, 0.2) is 5.13 Å². The van der Waals surface area contributed by atoms with Crippen molar-refractivity contribution in [2.45, 2.75) is 6.92 Å². The fourth-order valence-electron chi connectivity index (χ4n) is 0.573. The van der Waals surface area contributed by atoms with Gasteiger partial charge in [-0.2, -0.15) is 0 Å². The van der Waals surface area contributed by atoms with Crippen LogP contribution in [0.3, 0.4) is 0 Å². The monoisotopic (exact) mass is 185 g/mol. The second kappa shape index (κ2) is 3.82. The van der Waals surface area contributed by atoms with E-state index in [1.807, 2.05) is 0 Å². The fourth-order valence-corrected chi connectivity index (χ4v) is 1.10. The summed E-state index contributed by atoms with van der Waals surface area (Å²) in [5.74, 6) is -0.399. The number of imide groups is 1. The van der Waals surface area contributed by atoms with Gasteiger partial charge in [-0.15, -0.1) is 11.3 Å². The van der Waals surface area contributed by atoms with Crippen molar-refractivity contribution < 1.29 is 9.59 Å². The molecule has 1 heterocycles. The maximum Gasteiger partial charge on any atom is 0.327 e. The highest BCUT2D eigenvalue weighted by Gasteiger charge is 2.03. The number of aromatic nitrogens is 1. The summed E-state index contributed by atoms with van der Waals surface area (Å²) in [5.41, 5.74) is 0. The van der Waals surface area contributed by atoms with Crippen molar-refractivity contribution in [3.63, 3.8) is 0 Å². The van der Waals surface area contributed by atoms with Crippen LogP contribution in [0.4, 0.5) is 9.93 Å². The Kier molecular flexibility index (Phi) is 2.76. The number of hydrogen-bond acceptors (Lipinski definition) is 4. The van der Waals surface area contributed by atoms with Crippen molar-refractivity contribution >= 4 is 28.4 Å². The molecule has 0 bridgehead atoms. The average molecular weight is 185 g/mol. The predicted octanol–water partition coefficient (Wildman–Crippen LogP) is 0.811. The van der Waals surface area contributed by atoms with E-state index >= 15 is 0 Å². The SMILES string of the molecule is CC(=O)NC(=O)Nc1nccs1. The number of nitrogens with one attached hydrogen (secondary N) is 2. The van der Waals surface area contributed by atoms with Crippen molar-refractivity contribution in [1.29, 1.82) is 0 Å². The van der Waals surface area contributed by atoms with Crippen LogP contribution < -0.4 is 10.6 Å². The van der Waals surface area contributed by atoms with Crippen LogP contribution in [0.25, 0.3) is 0 Å². The number of thiazole rings is 1. The highest BCUT2D eigenvalue weighted by atomic mass is 32.1. The largest absolute Gasteiger partial charge is 0.327 e. The lowest BCUT2D eigenvalue weighted by molar-refractivity contribution is -0.117. The van der Waals surface area contributed by atoms with Crippen molar-refractivity contribution in [2.75, 3.05) is 5.32 Å². The molecule has 0 radical (unpaired) electrons. The highest BCUT2D eigenvalue weighted by Crippen LogP contribution is 2.09. The summed E-state index contributed by atoms with van der Waals surface area (Å²) in [6.45, 7) is 1.27. The van der Waals surface area contributed by atoms with Crippen LogP contribution in [-0.4, -0.2) is 16.9 Å². The third kappa shape index (κ3) is 2.67. The molecule has 0 aliphatic rings. The smallest absolute Gasteiger partial charge is 0.283 e. The summed E-state index contributed by atoms with van der Waals surface area (Å²) in [5, 5.41) is 6.64. The zero-order valence-corrected chi connectivity index (χ0v) is 7.14. The van der Waals surface area contributed by atoms with Gasteiger partial charge >= 0.3 is 6.03 Å². The molecule has 3 amide bonds. The summed E-state index contributed by atoms with van der Waals surface area (Å²) in [4.78, 5) is 25.0. The first-order chi connectivity index (χ1) is 5.68. The molecule has 1 rings (SSSR count). The Bertz CT molecular complexity index is 283. The lowest BCUT2D eigenvalue weighted by Gasteiger charge is -1.99. The molecule has 0 spiro atoms. The maximum absolute atomic E-state index is 10.8. The fraction of sp³-hybridized carbons (Fsp3) is 0.167. The molecule has 0 aliphatic heterocycles. The molecule has 0 atom stereocenters. The third-order valence-electron chi connectivity index (χ3n) is 0.942. The summed E-state index contributed by atoms with van der Waals surface area (Å²) in [6.07, 6.45) is 1.56. The van der Waals surface area contributed by atoms with Gasteiger partial charge in [0, 0.05) is 18.5 Å². The number of amides is 3. The Morgan fingerprint density at radius 1 is 1.58 bits per heavy atom. The molecular weight excluding hydrogens is 178 g/mol. The second-order valence-corrected chi connectivity index (χ2v) is 2.87. The standard InChI is InChI=1S/C6H7N3O2S/c1-4(10)8-5(11)9-6-7-2-3-12-6/h2-3H,1H3,(H2,7,8,9,10,11). The number of hydrogen-bond donors (Lipinski definition) is 2. The molecule has 12 heavy (non-hydrogen) atoms. The van der Waals surface area contributed by atoms with Gasteiger partial charge in [-0.1, -0.05) is 0 Å². The van der Waals surface area contributed by atoms with Crippen LogP contribution in [0.15, 0.2) is 11.6 Å². The summed E-state index contributed by atoms with van der Waals surface area (Å²) < 4.78 is 0. The van der Waals surface area contributed by atoms with Gasteiger partial charge in [-0.25, -0.2) is 9.78 Å². The Labute approximate surface area is 72.8 Å². The minimum Gasteiger partial charge on any atom is -0.283 e. The molecule has 0 saturated carbocycles. The van der Waals surface area contributed by atoms with E-state index in [2.05, 4.69) is 15.6 Å². The van der Waals surface area contributed by atoms with E-state index in [9.17, 15) is 9.59 Å². The predicted molar refractivity (Wildman–Crippen MR) is 44.9 cm³/mol. The Hall–Kier alpha value is -1.43. The number of urea groups is 1. The molecule has 1 aromatic rings. The Morgan fingerprint density at radius 3 is 2.83 bits per heavy atom. The number of nitrogens with zero attached hydrogens (tertiary/aromatic N) is 1. The van der Waals surface area contributed by atoms with E-state index in [-0.39, 0.29) is 0 Å². The van der Waals surface area contributed by atoms with Crippen LogP contribution in [0.2, 0.25) is 0 Å². The number of carbonyl (C=O) groups is 2. The van der Waals surface area contributed by atoms with E-state index in [1.165, 1.54) is 18.3 Å². The first kappa shape index (κ1) is 8.66. The van der Waals surface area contributed by atoms with Gasteiger partial charge in [0.25, 0.3) is 0 Å². The van der Waals surface area contributed by atoms with E-state index in [0.717, 1.165) is 0 Å². The van der Waals surface area contributed by atoms with Crippen LogP contribution in [-0.2, 0) is 4.79 Å². The van der Waals surface area contributed by atoms with Gasteiger partial charge in [0.1, 0.15) is 0 Å². The highest BCUT2D eigenvalue weighted by molar-refractivity contribution is 7.13. The van der Waals surface area contributed by atoms with Crippen LogP contribution in [0.5, 0.6) is 0 Å². The topological polar surface area (TPSA) is 71.1 Å².